The van der Waals surface area contributed by atoms with Gasteiger partial charge in [0.1, 0.15) is 5.82 Å². The van der Waals surface area contributed by atoms with Crippen molar-refractivity contribution >= 4 is 11.6 Å². The predicted molar refractivity (Wildman–Crippen MR) is 62.7 cm³/mol. The van der Waals surface area contributed by atoms with Gasteiger partial charge in [0.25, 0.3) is 0 Å². The van der Waals surface area contributed by atoms with Crippen LogP contribution in [0.1, 0.15) is 38.3 Å². The molecule has 1 aromatic carbocycles. The first-order chi connectivity index (χ1) is 7.20. The maximum Gasteiger partial charge on any atom is 0.146 e. The van der Waals surface area contributed by atoms with Crippen molar-refractivity contribution in [1.82, 2.24) is 5.32 Å². The van der Waals surface area contributed by atoms with Crippen molar-refractivity contribution in [2.45, 2.75) is 32.7 Å². The molecular formula is C12H17ClFN. The van der Waals surface area contributed by atoms with Crippen molar-refractivity contribution in [2.75, 3.05) is 6.54 Å². The SMILES string of the molecule is CCCNC(CC)c1cccc(Cl)c1F. The van der Waals surface area contributed by atoms with Gasteiger partial charge in [-0.1, -0.05) is 37.6 Å². The first-order valence-corrected chi connectivity index (χ1v) is 5.75. The number of halogens is 2. The first kappa shape index (κ1) is 12.5. The van der Waals surface area contributed by atoms with Crippen LogP contribution < -0.4 is 5.32 Å². The molecular weight excluding hydrogens is 213 g/mol. The Morgan fingerprint density at radius 3 is 2.73 bits per heavy atom. The molecule has 1 rings (SSSR count). The molecule has 3 heteroatoms. The lowest BCUT2D eigenvalue weighted by Crippen LogP contribution is -2.22. The van der Waals surface area contributed by atoms with Crippen LogP contribution in [0, 0.1) is 5.82 Å². The van der Waals surface area contributed by atoms with Crippen LogP contribution in [0.25, 0.3) is 0 Å². The molecule has 15 heavy (non-hydrogen) atoms. The van der Waals surface area contributed by atoms with E-state index in [9.17, 15) is 4.39 Å². The van der Waals surface area contributed by atoms with Gasteiger partial charge in [0, 0.05) is 11.6 Å². The van der Waals surface area contributed by atoms with Gasteiger partial charge in [0.2, 0.25) is 0 Å². The summed E-state index contributed by atoms with van der Waals surface area (Å²) < 4.78 is 13.7. The van der Waals surface area contributed by atoms with Crippen LogP contribution in [0.5, 0.6) is 0 Å². The average molecular weight is 230 g/mol. The molecule has 1 unspecified atom stereocenters. The summed E-state index contributed by atoms with van der Waals surface area (Å²) in [5, 5.41) is 3.50. The summed E-state index contributed by atoms with van der Waals surface area (Å²) in [7, 11) is 0. The maximum atomic E-state index is 13.7. The summed E-state index contributed by atoms with van der Waals surface area (Å²) in [6.45, 7) is 5.02. The second-order valence-electron chi connectivity index (χ2n) is 3.56. The Kier molecular flexibility index (Phi) is 5.06. The number of nitrogens with one attached hydrogen (secondary N) is 1. The highest BCUT2D eigenvalue weighted by Gasteiger charge is 2.14. The maximum absolute atomic E-state index is 13.7. The third-order valence-corrected chi connectivity index (χ3v) is 2.70. The monoisotopic (exact) mass is 229 g/mol. The smallest absolute Gasteiger partial charge is 0.146 e. The summed E-state index contributed by atoms with van der Waals surface area (Å²) in [4.78, 5) is 0. The Morgan fingerprint density at radius 1 is 1.40 bits per heavy atom. The van der Waals surface area contributed by atoms with Crippen molar-refractivity contribution in [3.05, 3.63) is 34.6 Å². The third-order valence-electron chi connectivity index (χ3n) is 2.41. The van der Waals surface area contributed by atoms with Gasteiger partial charge in [-0.15, -0.1) is 0 Å². The number of benzene rings is 1. The van der Waals surface area contributed by atoms with E-state index in [1.807, 2.05) is 6.92 Å². The molecule has 0 saturated carbocycles. The predicted octanol–water partition coefficient (Wildman–Crippen LogP) is 3.93. The van der Waals surface area contributed by atoms with Gasteiger partial charge in [-0.05, 0) is 25.5 Å². The Labute approximate surface area is 95.6 Å². The topological polar surface area (TPSA) is 12.0 Å². The fourth-order valence-corrected chi connectivity index (χ4v) is 1.76. The van der Waals surface area contributed by atoms with Crippen LogP contribution in [0.15, 0.2) is 18.2 Å². The molecule has 1 N–H and O–H groups in total. The molecule has 0 aliphatic rings. The van der Waals surface area contributed by atoms with E-state index in [1.54, 1.807) is 18.2 Å². The van der Waals surface area contributed by atoms with Gasteiger partial charge < -0.3 is 5.32 Å². The van der Waals surface area contributed by atoms with E-state index in [4.69, 9.17) is 11.6 Å². The lowest BCUT2D eigenvalue weighted by molar-refractivity contribution is 0.489. The Morgan fingerprint density at radius 2 is 2.13 bits per heavy atom. The molecule has 1 atom stereocenters. The zero-order chi connectivity index (χ0) is 11.3. The number of hydrogen-bond acceptors (Lipinski definition) is 1. The molecule has 84 valence electrons. The Hall–Kier alpha value is -0.600. The standard InChI is InChI=1S/C12H17ClFN/c1-3-8-15-11(4-2)9-6-5-7-10(13)12(9)14/h5-7,11,15H,3-4,8H2,1-2H3. The average Bonchev–Trinajstić information content (AvgIpc) is 2.25. The Bertz CT molecular complexity index is 314. The van der Waals surface area contributed by atoms with Crippen LogP contribution in [-0.4, -0.2) is 6.54 Å². The van der Waals surface area contributed by atoms with Crippen molar-refractivity contribution < 1.29 is 4.39 Å². The van der Waals surface area contributed by atoms with Crippen LogP contribution in [0.2, 0.25) is 5.02 Å². The minimum Gasteiger partial charge on any atom is -0.310 e. The largest absolute Gasteiger partial charge is 0.310 e. The van der Waals surface area contributed by atoms with Gasteiger partial charge >= 0.3 is 0 Å². The van der Waals surface area contributed by atoms with E-state index in [0.29, 0.717) is 5.56 Å². The molecule has 0 heterocycles. The van der Waals surface area contributed by atoms with Crippen molar-refractivity contribution in [3.8, 4) is 0 Å². The summed E-state index contributed by atoms with van der Waals surface area (Å²) >= 11 is 5.75. The van der Waals surface area contributed by atoms with Crippen molar-refractivity contribution in [2.24, 2.45) is 0 Å². The quantitative estimate of drug-likeness (QED) is 0.807. The highest BCUT2D eigenvalue weighted by Crippen LogP contribution is 2.25. The number of rotatable bonds is 5. The lowest BCUT2D eigenvalue weighted by atomic mass is 10.0. The highest BCUT2D eigenvalue weighted by molar-refractivity contribution is 6.30. The van der Waals surface area contributed by atoms with Crippen LogP contribution >= 0.6 is 11.6 Å². The molecule has 0 saturated heterocycles. The summed E-state index contributed by atoms with van der Waals surface area (Å²) in [5.41, 5.74) is 0.665. The van der Waals surface area contributed by atoms with E-state index in [1.165, 1.54) is 0 Å². The molecule has 0 spiro atoms. The van der Waals surface area contributed by atoms with Crippen molar-refractivity contribution in [3.63, 3.8) is 0 Å². The Balaban J connectivity index is 2.86. The molecule has 0 radical (unpaired) electrons. The molecule has 0 fully saturated rings. The minimum atomic E-state index is -0.297. The first-order valence-electron chi connectivity index (χ1n) is 5.38. The van der Waals surface area contributed by atoms with E-state index >= 15 is 0 Å². The zero-order valence-corrected chi connectivity index (χ0v) is 9.94. The molecule has 1 nitrogen and oxygen atoms in total. The zero-order valence-electron chi connectivity index (χ0n) is 9.19. The van der Waals surface area contributed by atoms with Gasteiger partial charge in [-0.3, -0.25) is 0 Å². The fourth-order valence-electron chi connectivity index (χ4n) is 1.58. The summed E-state index contributed by atoms with van der Waals surface area (Å²) in [6.07, 6.45) is 1.90. The van der Waals surface area contributed by atoms with Gasteiger partial charge in [0.05, 0.1) is 5.02 Å². The lowest BCUT2D eigenvalue weighted by Gasteiger charge is -2.18. The van der Waals surface area contributed by atoms with E-state index in [0.717, 1.165) is 19.4 Å². The highest BCUT2D eigenvalue weighted by atomic mass is 35.5. The second kappa shape index (κ2) is 6.09. The molecule has 0 amide bonds. The minimum absolute atomic E-state index is 0.0589. The van der Waals surface area contributed by atoms with Crippen LogP contribution in [-0.2, 0) is 0 Å². The van der Waals surface area contributed by atoms with E-state index in [-0.39, 0.29) is 16.9 Å². The molecule has 0 bridgehead atoms. The van der Waals surface area contributed by atoms with E-state index in [2.05, 4.69) is 12.2 Å². The van der Waals surface area contributed by atoms with Gasteiger partial charge in [-0.25, -0.2) is 4.39 Å². The summed E-state index contributed by atoms with van der Waals surface area (Å²) in [5.74, 6) is -0.297. The molecule has 0 aromatic heterocycles. The molecule has 1 aromatic rings. The van der Waals surface area contributed by atoms with Gasteiger partial charge in [0.15, 0.2) is 0 Å². The number of hydrogen-bond donors (Lipinski definition) is 1. The molecule has 0 aliphatic carbocycles. The second-order valence-corrected chi connectivity index (χ2v) is 3.97. The molecule has 0 aliphatic heterocycles. The van der Waals surface area contributed by atoms with Gasteiger partial charge in [-0.2, -0.15) is 0 Å². The third kappa shape index (κ3) is 3.18. The van der Waals surface area contributed by atoms with E-state index < -0.39 is 0 Å². The van der Waals surface area contributed by atoms with Crippen LogP contribution in [0.3, 0.4) is 0 Å². The van der Waals surface area contributed by atoms with Crippen molar-refractivity contribution in [1.29, 1.82) is 0 Å². The van der Waals surface area contributed by atoms with Crippen LogP contribution in [0.4, 0.5) is 4.39 Å². The summed E-state index contributed by atoms with van der Waals surface area (Å²) in [6, 6.07) is 5.21. The normalized spacial score (nSPS) is 12.8. The fraction of sp³-hybridized carbons (Fsp3) is 0.500.